The highest BCUT2D eigenvalue weighted by molar-refractivity contribution is 7.91. The SMILES string of the molecule is N#Cc1cc(NCCc2ccc(S(=O)(=O)c3ccccc3)cc2)ccc1[N+](=O)[O-]. The van der Waals surface area contributed by atoms with Crippen molar-refractivity contribution < 1.29 is 13.3 Å². The van der Waals surface area contributed by atoms with Crippen molar-refractivity contribution in [3.63, 3.8) is 0 Å². The second kappa shape index (κ2) is 8.54. The van der Waals surface area contributed by atoms with Crippen LogP contribution in [0.4, 0.5) is 11.4 Å². The number of nitrogens with zero attached hydrogens (tertiary/aromatic N) is 2. The molecule has 0 fully saturated rings. The van der Waals surface area contributed by atoms with E-state index in [9.17, 15) is 18.5 Å². The largest absolute Gasteiger partial charge is 0.385 e. The highest BCUT2D eigenvalue weighted by Crippen LogP contribution is 2.23. The molecule has 0 bridgehead atoms. The van der Waals surface area contributed by atoms with Crippen molar-refractivity contribution in [1.82, 2.24) is 0 Å². The van der Waals surface area contributed by atoms with E-state index >= 15 is 0 Å². The van der Waals surface area contributed by atoms with Crippen LogP contribution in [0.1, 0.15) is 11.1 Å². The maximum atomic E-state index is 12.6. The van der Waals surface area contributed by atoms with Gasteiger partial charge in [0.2, 0.25) is 9.84 Å². The zero-order valence-electron chi connectivity index (χ0n) is 15.3. The number of nitrogens with one attached hydrogen (secondary N) is 1. The van der Waals surface area contributed by atoms with Crippen LogP contribution in [-0.2, 0) is 16.3 Å². The Morgan fingerprint density at radius 3 is 2.24 bits per heavy atom. The normalized spacial score (nSPS) is 10.9. The van der Waals surface area contributed by atoms with Crippen molar-refractivity contribution >= 4 is 21.2 Å². The summed E-state index contributed by atoms with van der Waals surface area (Å²) in [5.41, 5.74) is 1.31. The summed E-state index contributed by atoms with van der Waals surface area (Å²) in [5.74, 6) is 0. The molecule has 3 aromatic carbocycles. The van der Waals surface area contributed by atoms with E-state index in [0.717, 1.165) is 5.56 Å². The number of sulfone groups is 1. The van der Waals surface area contributed by atoms with Crippen LogP contribution in [0, 0.1) is 21.4 Å². The molecule has 0 heterocycles. The van der Waals surface area contributed by atoms with Gasteiger partial charge in [0.25, 0.3) is 5.69 Å². The van der Waals surface area contributed by atoms with Gasteiger partial charge in [-0.25, -0.2) is 8.42 Å². The first-order valence-electron chi connectivity index (χ1n) is 8.73. The van der Waals surface area contributed by atoms with E-state index in [0.29, 0.717) is 18.7 Å². The van der Waals surface area contributed by atoms with Crippen LogP contribution >= 0.6 is 0 Å². The molecule has 0 aliphatic carbocycles. The van der Waals surface area contributed by atoms with Crippen molar-refractivity contribution in [1.29, 1.82) is 5.26 Å². The van der Waals surface area contributed by atoms with Gasteiger partial charge in [0.15, 0.2) is 0 Å². The Morgan fingerprint density at radius 1 is 0.966 bits per heavy atom. The minimum Gasteiger partial charge on any atom is -0.385 e. The van der Waals surface area contributed by atoms with E-state index in [1.807, 2.05) is 6.07 Å². The van der Waals surface area contributed by atoms with Gasteiger partial charge in [-0.1, -0.05) is 30.3 Å². The summed E-state index contributed by atoms with van der Waals surface area (Å²) >= 11 is 0. The number of hydrogen-bond acceptors (Lipinski definition) is 6. The van der Waals surface area contributed by atoms with Crippen LogP contribution in [-0.4, -0.2) is 19.9 Å². The zero-order chi connectivity index (χ0) is 20.9. The van der Waals surface area contributed by atoms with E-state index in [-0.39, 0.29) is 21.0 Å². The molecule has 0 aliphatic heterocycles. The van der Waals surface area contributed by atoms with Gasteiger partial charge in [-0.3, -0.25) is 10.1 Å². The first kappa shape index (κ1) is 20.0. The fourth-order valence-electron chi connectivity index (χ4n) is 2.82. The molecule has 0 radical (unpaired) electrons. The number of hydrogen-bond donors (Lipinski definition) is 1. The maximum absolute atomic E-state index is 12.6. The second-order valence-electron chi connectivity index (χ2n) is 6.24. The van der Waals surface area contributed by atoms with Crippen molar-refractivity contribution in [2.24, 2.45) is 0 Å². The summed E-state index contributed by atoms with van der Waals surface area (Å²) in [6.07, 6.45) is 0.616. The molecule has 0 aromatic heterocycles. The summed E-state index contributed by atoms with van der Waals surface area (Å²) in [5, 5.41) is 23.0. The van der Waals surface area contributed by atoms with Crippen molar-refractivity contribution in [3.8, 4) is 6.07 Å². The predicted molar refractivity (Wildman–Crippen MR) is 108 cm³/mol. The average Bonchev–Trinajstić information content (AvgIpc) is 2.74. The molecule has 0 saturated carbocycles. The van der Waals surface area contributed by atoms with Gasteiger partial charge in [0.1, 0.15) is 11.6 Å². The van der Waals surface area contributed by atoms with Gasteiger partial charge in [-0.05, 0) is 48.4 Å². The Hall–Kier alpha value is -3.70. The number of nitriles is 1. The quantitative estimate of drug-likeness (QED) is 0.469. The molecule has 8 heteroatoms. The molecule has 3 rings (SSSR count). The molecule has 7 nitrogen and oxygen atoms in total. The van der Waals surface area contributed by atoms with Gasteiger partial charge in [-0.15, -0.1) is 0 Å². The van der Waals surface area contributed by atoms with Gasteiger partial charge in [-0.2, -0.15) is 5.26 Å². The first-order valence-corrected chi connectivity index (χ1v) is 10.2. The van der Waals surface area contributed by atoms with Crippen LogP contribution in [0.2, 0.25) is 0 Å². The lowest BCUT2D eigenvalue weighted by molar-refractivity contribution is -0.385. The topological polar surface area (TPSA) is 113 Å². The summed E-state index contributed by atoms with van der Waals surface area (Å²) in [7, 11) is -3.54. The maximum Gasteiger partial charge on any atom is 0.287 e. The first-order chi connectivity index (χ1) is 13.9. The summed E-state index contributed by atoms with van der Waals surface area (Å²) in [6.45, 7) is 0.521. The van der Waals surface area contributed by atoms with Crippen LogP contribution < -0.4 is 5.32 Å². The van der Waals surface area contributed by atoms with Crippen LogP contribution in [0.25, 0.3) is 0 Å². The number of rotatable bonds is 7. The molecule has 29 heavy (non-hydrogen) atoms. The molecule has 3 aromatic rings. The van der Waals surface area contributed by atoms with Crippen molar-refractivity contribution in [2.75, 3.05) is 11.9 Å². The number of nitro benzene ring substituents is 1. The van der Waals surface area contributed by atoms with Crippen molar-refractivity contribution in [2.45, 2.75) is 16.2 Å². The smallest absolute Gasteiger partial charge is 0.287 e. The third-order valence-electron chi connectivity index (χ3n) is 4.34. The summed E-state index contributed by atoms with van der Waals surface area (Å²) in [6, 6.07) is 21.0. The second-order valence-corrected chi connectivity index (χ2v) is 8.19. The molecule has 0 aliphatic rings. The fourth-order valence-corrected chi connectivity index (χ4v) is 4.10. The molecular formula is C21H17N3O4S. The molecule has 0 spiro atoms. The molecule has 0 saturated heterocycles. The molecule has 0 amide bonds. The van der Waals surface area contributed by atoms with Crippen molar-refractivity contribution in [3.05, 3.63) is 94.0 Å². The highest BCUT2D eigenvalue weighted by Gasteiger charge is 2.17. The minimum atomic E-state index is -3.54. The van der Waals surface area contributed by atoms with Gasteiger partial charge in [0.05, 0.1) is 14.7 Å². The lowest BCUT2D eigenvalue weighted by Gasteiger charge is -2.08. The zero-order valence-corrected chi connectivity index (χ0v) is 16.1. The number of anilines is 1. The molecule has 1 N–H and O–H groups in total. The third-order valence-corrected chi connectivity index (χ3v) is 6.13. The van der Waals surface area contributed by atoms with Gasteiger partial charge in [0, 0.05) is 18.3 Å². The van der Waals surface area contributed by atoms with Crippen LogP contribution in [0.3, 0.4) is 0 Å². The van der Waals surface area contributed by atoms with E-state index in [1.54, 1.807) is 60.7 Å². The van der Waals surface area contributed by atoms with E-state index in [2.05, 4.69) is 5.32 Å². The minimum absolute atomic E-state index is 0.00419. The van der Waals surface area contributed by atoms with E-state index < -0.39 is 14.8 Å². The average molecular weight is 407 g/mol. The fraction of sp³-hybridized carbons (Fsp3) is 0.0952. The summed E-state index contributed by atoms with van der Waals surface area (Å²) < 4.78 is 25.2. The van der Waals surface area contributed by atoms with E-state index in [4.69, 9.17) is 5.26 Å². The third kappa shape index (κ3) is 4.59. The van der Waals surface area contributed by atoms with Crippen LogP contribution in [0.5, 0.6) is 0 Å². The monoisotopic (exact) mass is 407 g/mol. The lowest BCUT2D eigenvalue weighted by Crippen LogP contribution is -2.06. The van der Waals surface area contributed by atoms with Crippen LogP contribution in [0.15, 0.2) is 82.6 Å². The van der Waals surface area contributed by atoms with Gasteiger partial charge >= 0.3 is 0 Å². The molecule has 146 valence electrons. The Labute approximate surface area is 168 Å². The number of nitro groups is 1. The predicted octanol–water partition coefficient (Wildman–Crippen LogP) is 3.95. The summed E-state index contributed by atoms with van der Waals surface area (Å²) in [4.78, 5) is 10.8. The lowest BCUT2D eigenvalue weighted by atomic mass is 10.1. The Balaban J connectivity index is 1.64. The molecular weight excluding hydrogens is 390 g/mol. The highest BCUT2D eigenvalue weighted by atomic mass is 32.2. The molecule has 0 unspecified atom stereocenters. The molecule has 0 atom stereocenters. The van der Waals surface area contributed by atoms with Gasteiger partial charge < -0.3 is 5.32 Å². The standard InChI is InChI=1S/C21H17N3O4S/c22-15-17-14-18(8-11-21(17)24(25)26)23-13-12-16-6-9-20(10-7-16)29(27,28)19-4-2-1-3-5-19/h1-11,14,23H,12-13H2. The Morgan fingerprint density at radius 2 is 1.62 bits per heavy atom. The van der Waals surface area contributed by atoms with E-state index in [1.165, 1.54) is 12.1 Å². The Kier molecular flexibility index (Phi) is 5.90. The Bertz CT molecular complexity index is 1170. The number of benzene rings is 3.